The highest BCUT2D eigenvalue weighted by Gasteiger charge is 2.12. The molecule has 1 aromatic carbocycles. The minimum atomic E-state index is -0.0820. The van der Waals surface area contributed by atoms with E-state index in [1.54, 1.807) is 15.9 Å². The first kappa shape index (κ1) is 17.2. The summed E-state index contributed by atoms with van der Waals surface area (Å²) in [6, 6.07) is 15.1. The molecule has 0 aliphatic carbocycles. The molecule has 3 aromatic heterocycles. The van der Waals surface area contributed by atoms with Gasteiger partial charge in [-0.25, -0.2) is 0 Å². The van der Waals surface area contributed by atoms with Crippen LogP contribution < -0.4 is 5.32 Å². The Hall–Kier alpha value is -2.23. The molecule has 3 heterocycles. The van der Waals surface area contributed by atoms with Crippen molar-refractivity contribution in [1.82, 2.24) is 19.8 Å². The number of carbonyl (C=O) groups excluding carboxylic acids is 1. The summed E-state index contributed by atoms with van der Waals surface area (Å²) in [6.07, 6.45) is 0. The van der Waals surface area contributed by atoms with Crippen molar-refractivity contribution in [2.75, 3.05) is 11.1 Å². The maximum Gasteiger partial charge on any atom is 0.234 e. The van der Waals surface area contributed by atoms with Crippen molar-refractivity contribution in [3.05, 3.63) is 58.4 Å². The lowest BCUT2D eigenvalue weighted by Gasteiger charge is -2.05. The summed E-state index contributed by atoms with van der Waals surface area (Å²) in [7, 11) is 0. The van der Waals surface area contributed by atoms with Crippen molar-refractivity contribution in [3.63, 3.8) is 0 Å². The number of anilines is 1. The summed E-state index contributed by atoms with van der Waals surface area (Å²) in [5, 5.41) is 18.5. The fraction of sp³-hybridized carbons (Fsp3) is 0.0588. The van der Waals surface area contributed by atoms with E-state index in [0.29, 0.717) is 11.5 Å². The first-order chi connectivity index (χ1) is 12.7. The van der Waals surface area contributed by atoms with Crippen LogP contribution in [0.15, 0.2) is 63.4 Å². The van der Waals surface area contributed by atoms with Gasteiger partial charge in [0.1, 0.15) is 5.03 Å². The molecule has 9 heteroatoms. The third-order valence-electron chi connectivity index (χ3n) is 3.46. The Morgan fingerprint density at radius 1 is 1.15 bits per heavy atom. The number of hydrogen-bond acceptors (Lipinski definition) is 6. The summed E-state index contributed by atoms with van der Waals surface area (Å²) in [5.74, 6) is 0.892. The SMILES string of the molecule is O=C(CSc1ccc2nnc(-c3cccs3)n2n1)Nc1ccc(Br)cc1. The standard InChI is InChI=1S/C17H12BrN5OS2/c18-11-3-5-12(6-4-11)19-15(24)10-26-16-8-7-14-20-21-17(23(14)22-16)13-2-1-9-25-13/h1-9H,10H2,(H,19,24). The molecule has 26 heavy (non-hydrogen) atoms. The van der Waals surface area contributed by atoms with Crippen LogP contribution in [0.2, 0.25) is 0 Å². The van der Waals surface area contributed by atoms with Crippen molar-refractivity contribution < 1.29 is 4.79 Å². The van der Waals surface area contributed by atoms with Crippen molar-refractivity contribution in [1.29, 1.82) is 0 Å². The molecule has 130 valence electrons. The molecule has 1 amide bonds. The van der Waals surface area contributed by atoms with Gasteiger partial charge < -0.3 is 5.32 Å². The summed E-state index contributed by atoms with van der Waals surface area (Å²) in [4.78, 5) is 13.1. The van der Waals surface area contributed by atoms with E-state index in [9.17, 15) is 4.79 Å². The van der Waals surface area contributed by atoms with Gasteiger partial charge in [0.15, 0.2) is 11.5 Å². The second kappa shape index (κ2) is 7.56. The van der Waals surface area contributed by atoms with Crippen LogP contribution in [0.5, 0.6) is 0 Å². The summed E-state index contributed by atoms with van der Waals surface area (Å²) in [5.41, 5.74) is 1.44. The lowest BCUT2D eigenvalue weighted by atomic mass is 10.3. The zero-order valence-electron chi connectivity index (χ0n) is 13.3. The number of fused-ring (bicyclic) bond motifs is 1. The van der Waals surface area contributed by atoms with E-state index in [-0.39, 0.29) is 11.7 Å². The van der Waals surface area contributed by atoms with Crippen molar-refractivity contribution in [2.24, 2.45) is 0 Å². The summed E-state index contributed by atoms with van der Waals surface area (Å²) in [6.45, 7) is 0. The van der Waals surface area contributed by atoms with Crippen LogP contribution in [-0.2, 0) is 4.79 Å². The number of hydrogen-bond donors (Lipinski definition) is 1. The zero-order chi connectivity index (χ0) is 17.9. The number of aromatic nitrogens is 4. The molecule has 0 radical (unpaired) electrons. The first-order valence-electron chi connectivity index (χ1n) is 7.63. The molecule has 0 spiro atoms. The zero-order valence-corrected chi connectivity index (χ0v) is 16.5. The van der Waals surface area contributed by atoms with Gasteiger partial charge in [0, 0.05) is 10.2 Å². The third kappa shape index (κ3) is 3.79. The fourth-order valence-corrected chi connectivity index (χ4v) is 3.89. The van der Waals surface area contributed by atoms with E-state index in [1.807, 2.05) is 53.9 Å². The number of halogens is 1. The molecule has 4 rings (SSSR count). The van der Waals surface area contributed by atoms with E-state index < -0.39 is 0 Å². The van der Waals surface area contributed by atoms with Crippen LogP contribution in [-0.4, -0.2) is 31.5 Å². The molecular weight excluding hydrogens is 434 g/mol. The number of nitrogens with one attached hydrogen (secondary N) is 1. The van der Waals surface area contributed by atoms with Crippen LogP contribution in [0.4, 0.5) is 5.69 Å². The van der Waals surface area contributed by atoms with Crippen molar-refractivity contribution in [2.45, 2.75) is 5.03 Å². The topological polar surface area (TPSA) is 72.2 Å². The van der Waals surface area contributed by atoms with E-state index >= 15 is 0 Å². The van der Waals surface area contributed by atoms with Crippen LogP contribution in [0.1, 0.15) is 0 Å². The number of benzene rings is 1. The molecule has 1 N–H and O–H groups in total. The minimum Gasteiger partial charge on any atom is -0.325 e. The molecule has 0 fully saturated rings. The van der Waals surface area contributed by atoms with Crippen LogP contribution >= 0.6 is 39.0 Å². The lowest BCUT2D eigenvalue weighted by Crippen LogP contribution is -2.14. The Morgan fingerprint density at radius 3 is 2.77 bits per heavy atom. The normalized spacial score (nSPS) is 11.0. The molecule has 0 bridgehead atoms. The number of thioether (sulfide) groups is 1. The number of carbonyl (C=O) groups is 1. The number of amides is 1. The van der Waals surface area contributed by atoms with Gasteiger partial charge in [-0.1, -0.05) is 33.8 Å². The molecule has 0 aliphatic heterocycles. The van der Waals surface area contributed by atoms with Crippen LogP contribution in [0.25, 0.3) is 16.3 Å². The van der Waals surface area contributed by atoms with Gasteiger partial charge in [-0.3, -0.25) is 4.79 Å². The van der Waals surface area contributed by atoms with E-state index in [0.717, 1.165) is 20.1 Å². The molecule has 6 nitrogen and oxygen atoms in total. The van der Waals surface area contributed by atoms with Gasteiger partial charge in [-0.2, -0.15) is 9.61 Å². The lowest BCUT2D eigenvalue weighted by molar-refractivity contribution is -0.113. The Balaban J connectivity index is 1.46. The maximum atomic E-state index is 12.1. The predicted molar refractivity (Wildman–Crippen MR) is 108 cm³/mol. The van der Waals surface area contributed by atoms with Gasteiger partial charge in [0.05, 0.1) is 10.6 Å². The average Bonchev–Trinajstić information content (AvgIpc) is 3.30. The highest BCUT2D eigenvalue weighted by molar-refractivity contribution is 9.10. The quantitative estimate of drug-likeness (QED) is 0.462. The molecule has 0 unspecified atom stereocenters. The van der Waals surface area contributed by atoms with E-state index in [4.69, 9.17) is 0 Å². The highest BCUT2D eigenvalue weighted by Crippen LogP contribution is 2.24. The Morgan fingerprint density at radius 2 is 2.00 bits per heavy atom. The second-order valence-electron chi connectivity index (χ2n) is 5.29. The maximum absolute atomic E-state index is 12.1. The fourth-order valence-electron chi connectivity index (χ4n) is 2.28. The monoisotopic (exact) mass is 445 g/mol. The Labute approximate surface area is 165 Å². The third-order valence-corrected chi connectivity index (χ3v) is 5.77. The second-order valence-corrected chi connectivity index (χ2v) is 8.15. The molecule has 0 saturated heterocycles. The smallest absolute Gasteiger partial charge is 0.234 e. The Kier molecular flexibility index (Phi) is 5.00. The van der Waals surface area contributed by atoms with Gasteiger partial charge in [-0.05, 0) is 47.8 Å². The highest BCUT2D eigenvalue weighted by atomic mass is 79.9. The van der Waals surface area contributed by atoms with Gasteiger partial charge in [-0.15, -0.1) is 21.5 Å². The number of rotatable bonds is 5. The summed E-state index contributed by atoms with van der Waals surface area (Å²) < 4.78 is 2.68. The van der Waals surface area contributed by atoms with Gasteiger partial charge >= 0.3 is 0 Å². The van der Waals surface area contributed by atoms with Gasteiger partial charge in [0.25, 0.3) is 0 Å². The predicted octanol–water partition coefficient (Wildman–Crippen LogP) is 4.35. The van der Waals surface area contributed by atoms with E-state index in [1.165, 1.54) is 11.8 Å². The Bertz CT molecular complexity index is 1050. The number of nitrogens with zero attached hydrogens (tertiary/aromatic N) is 4. The van der Waals surface area contributed by atoms with Crippen molar-refractivity contribution >= 4 is 56.3 Å². The molecular formula is C17H12BrN5OS2. The molecule has 0 saturated carbocycles. The van der Waals surface area contributed by atoms with Crippen LogP contribution in [0.3, 0.4) is 0 Å². The summed E-state index contributed by atoms with van der Waals surface area (Å²) >= 11 is 6.33. The van der Waals surface area contributed by atoms with Crippen molar-refractivity contribution in [3.8, 4) is 10.7 Å². The largest absolute Gasteiger partial charge is 0.325 e. The van der Waals surface area contributed by atoms with Crippen LogP contribution in [0, 0.1) is 0 Å². The minimum absolute atomic E-state index is 0.0820. The first-order valence-corrected chi connectivity index (χ1v) is 10.3. The van der Waals surface area contributed by atoms with E-state index in [2.05, 4.69) is 36.5 Å². The number of thiophene rings is 1. The molecule has 0 aliphatic rings. The molecule has 4 aromatic rings. The van der Waals surface area contributed by atoms with Gasteiger partial charge in [0.2, 0.25) is 5.91 Å². The molecule has 0 atom stereocenters. The average molecular weight is 446 g/mol.